The van der Waals surface area contributed by atoms with Crippen molar-refractivity contribution >= 4 is 39.1 Å². The molecule has 0 aromatic heterocycles. The molecule has 2 rings (SSSR count). The number of hydrogen-bond acceptors (Lipinski definition) is 4. The Labute approximate surface area is 147 Å². The third-order valence-electron chi connectivity index (χ3n) is 2.94. The monoisotopic (exact) mass is 399 g/mol. The molecule has 0 unspecified atom stereocenters. The molecule has 0 aliphatic heterocycles. The van der Waals surface area contributed by atoms with Gasteiger partial charge in [0.05, 0.1) is 24.4 Å². The van der Waals surface area contributed by atoms with Gasteiger partial charge < -0.3 is 19.5 Å². The summed E-state index contributed by atoms with van der Waals surface area (Å²) in [5, 5.41) is 3.31. The lowest BCUT2D eigenvalue weighted by Crippen LogP contribution is -2.20. The summed E-state index contributed by atoms with van der Waals surface area (Å²) in [6, 6.07) is 10.2. The van der Waals surface area contributed by atoms with Crippen LogP contribution in [0.15, 0.2) is 40.9 Å². The molecule has 0 aliphatic rings. The fourth-order valence-corrected chi connectivity index (χ4v) is 2.62. The second kappa shape index (κ2) is 8.08. The molecule has 2 aromatic carbocycles. The predicted octanol–water partition coefficient (Wildman–Crippen LogP) is 4.14. The molecule has 0 radical (unpaired) electrons. The molecule has 0 fully saturated rings. The van der Waals surface area contributed by atoms with E-state index in [-0.39, 0.29) is 12.5 Å². The van der Waals surface area contributed by atoms with Crippen LogP contribution >= 0.6 is 27.5 Å². The number of ether oxygens (including phenoxy) is 3. The first kappa shape index (κ1) is 17.4. The summed E-state index contributed by atoms with van der Waals surface area (Å²) in [6.07, 6.45) is 0. The molecule has 0 saturated heterocycles. The standard InChI is InChI=1S/C16H15BrClNO4/c1-21-11-4-5-13(15(8-11)22-2)19-16(20)9-23-14-6-3-10(18)7-12(14)17/h3-8H,9H2,1-2H3,(H,19,20). The summed E-state index contributed by atoms with van der Waals surface area (Å²) in [7, 11) is 3.08. The maximum Gasteiger partial charge on any atom is 0.262 e. The lowest BCUT2D eigenvalue weighted by atomic mass is 10.2. The zero-order valence-corrected chi connectivity index (χ0v) is 14.9. The van der Waals surface area contributed by atoms with Gasteiger partial charge in [0.1, 0.15) is 17.2 Å². The van der Waals surface area contributed by atoms with E-state index >= 15 is 0 Å². The van der Waals surface area contributed by atoms with E-state index in [1.54, 1.807) is 43.5 Å². The van der Waals surface area contributed by atoms with Crippen molar-refractivity contribution in [1.82, 2.24) is 0 Å². The van der Waals surface area contributed by atoms with Gasteiger partial charge in [0.25, 0.3) is 5.91 Å². The molecule has 2 aromatic rings. The lowest BCUT2D eigenvalue weighted by molar-refractivity contribution is -0.118. The number of hydrogen-bond donors (Lipinski definition) is 1. The van der Waals surface area contributed by atoms with Crippen LogP contribution in [0.1, 0.15) is 0 Å². The van der Waals surface area contributed by atoms with Crippen molar-refractivity contribution in [2.24, 2.45) is 0 Å². The molecule has 5 nitrogen and oxygen atoms in total. The van der Waals surface area contributed by atoms with Crippen molar-refractivity contribution in [3.8, 4) is 17.2 Å². The zero-order chi connectivity index (χ0) is 16.8. The number of rotatable bonds is 6. The minimum atomic E-state index is -0.310. The molecule has 23 heavy (non-hydrogen) atoms. The molecular weight excluding hydrogens is 386 g/mol. The summed E-state index contributed by atoms with van der Waals surface area (Å²) < 4.78 is 16.5. The summed E-state index contributed by atoms with van der Waals surface area (Å²) >= 11 is 9.18. The van der Waals surface area contributed by atoms with Crippen molar-refractivity contribution in [1.29, 1.82) is 0 Å². The number of carbonyl (C=O) groups is 1. The molecular formula is C16H15BrClNO4. The van der Waals surface area contributed by atoms with Gasteiger partial charge in [-0.25, -0.2) is 0 Å². The molecule has 0 spiro atoms. The summed E-state index contributed by atoms with van der Waals surface area (Å²) in [5.74, 6) is 1.37. The van der Waals surface area contributed by atoms with E-state index < -0.39 is 0 Å². The number of methoxy groups -OCH3 is 2. The van der Waals surface area contributed by atoms with Crippen molar-refractivity contribution in [2.75, 3.05) is 26.1 Å². The molecule has 7 heteroatoms. The zero-order valence-electron chi connectivity index (χ0n) is 12.6. The molecule has 0 bridgehead atoms. The maximum absolute atomic E-state index is 12.0. The van der Waals surface area contributed by atoms with Crippen LogP contribution in [0.25, 0.3) is 0 Å². The van der Waals surface area contributed by atoms with Crippen LogP contribution in [0.5, 0.6) is 17.2 Å². The highest BCUT2D eigenvalue weighted by atomic mass is 79.9. The van der Waals surface area contributed by atoms with Crippen LogP contribution in [-0.4, -0.2) is 26.7 Å². The first-order valence-electron chi connectivity index (χ1n) is 6.63. The first-order chi connectivity index (χ1) is 11.0. The molecule has 122 valence electrons. The number of benzene rings is 2. The number of anilines is 1. The second-order valence-electron chi connectivity index (χ2n) is 4.48. The maximum atomic E-state index is 12.0. The van der Waals surface area contributed by atoms with Gasteiger partial charge in [0.15, 0.2) is 6.61 Å². The smallest absolute Gasteiger partial charge is 0.262 e. The Kier molecular flexibility index (Phi) is 6.12. The Morgan fingerprint density at radius 3 is 2.57 bits per heavy atom. The molecule has 0 heterocycles. The predicted molar refractivity (Wildman–Crippen MR) is 92.8 cm³/mol. The van der Waals surface area contributed by atoms with Crippen molar-refractivity contribution < 1.29 is 19.0 Å². The molecule has 1 N–H and O–H groups in total. The van der Waals surface area contributed by atoms with E-state index in [0.717, 1.165) is 0 Å². The summed E-state index contributed by atoms with van der Waals surface area (Å²) in [4.78, 5) is 12.0. The highest BCUT2D eigenvalue weighted by molar-refractivity contribution is 9.10. The quantitative estimate of drug-likeness (QED) is 0.792. The van der Waals surface area contributed by atoms with E-state index in [1.807, 2.05) is 0 Å². The van der Waals surface area contributed by atoms with Gasteiger partial charge >= 0.3 is 0 Å². The Hall–Kier alpha value is -1.92. The largest absolute Gasteiger partial charge is 0.497 e. The number of nitrogens with one attached hydrogen (secondary N) is 1. The van der Waals surface area contributed by atoms with Crippen molar-refractivity contribution in [2.45, 2.75) is 0 Å². The van der Waals surface area contributed by atoms with Crippen molar-refractivity contribution in [3.63, 3.8) is 0 Å². The number of carbonyl (C=O) groups excluding carboxylic acids is 1. The first-order valence-corrected chi connectivity index (χ1v) is 7.80. The van der Waals surface area contributed by atoms with Crippen LogP contribution in [0, 0.1) is 0 Å². The Morgan fingerprint density at radius 2 is 1.91 bits per heavy atom. The minimum absolute atomic E-state index is 0.143. The summed E-state index contributed by atoms with van der Waals surface area (Å²) in [6.45, 7) is -0.143. The average Bonchev–Trinajstić information content (AvgIpc) is 2.54. The van der Waals surface area contributed by atoms with E-state index in [1.165, 1.54) is 7.11 Å². The minimum Gasteiger partial charge on any atom is -0.497 e. The number of amides is 1. The Bertz CT molecular complexity index is 708. The molecule has 1 amide bonds. The summed E-state index contributed by atoms with van der Waals surface area (Å²) in [5.41, 5.74) is 0.539. The lowest BCUT2D eigenvalue weighted by Gasteiger charge is -2.12. The number of halogens is 2. The SMILES string of the molecule is COc1ccc(NC(=O)COc2ccc(Cl)cc2Br)c(OC)c1. The molecule has 0 saturated carbocycles. The highest BCUT2D eigenvalue weighted by Crippen LogP contribution is 2.30. The fourth-order valence-electron chi connectivity index (χ4n) is 1.82. The third-order valence-corrected chi connectivity index (χ3v) is 3.79. The van der Waals surface area contributed by atoms with Crippen LogP contribution in [0.3, 0.4) is 0 Å². The van der Waals surface area contributed by atoms with E-state index in [4.69, 9.17) is 25.8 Å². The van der Waals surface area contributed by atoms with E-state index in [2.05, 4.69) is 21.2 Å². The fraction of sp³-hybridized carbons (Fsp3) is 0.188. The van der Waals surface area contributed by atoms with Crippen molar-refractivity contribution in [3.05, 3.63) is 45.9 Å². The average molecular weight is 401 g/mol. The molecule has 0 atom stereocenters. The Balaban J connectivity index is 1.99. The van der Waals surface area contributed by atoms with Gasteiger partial charge in [-0.05, 0) is 46.3 Å². The van der Waals surface area contributed by atoms with Gasteiger partial charge in [-0.15, -0.1) is 0 Å². The van der Waals surface area contributed by atoms with Gasteiger partial charge in [-0.2, -0.15) is 0 Å². The van der Waals surface area contributed by atoms with Crippen LogP contribution < -0.4 is 19.5 Å². The van der Waals surface area contributed by atoms with E-state index in [0.29, 0.717) is 32.4 Å². The van der Waals surface area contributed by atoms with Gasteiger partial charge in [-0.1, -0.05) is 11.6 Å². The highest BCUT2D eigenvalue weighted by Gasteiger charge is 2.10. The van der Waals surface area contributed by atoms with Gasteiger partial charge in [0, 0.05) is 11.1 Å². The van der Waals surface area contributed by atoms with Crippen LogP contribution in [0.4, 0.5) is 5.69 Å². The van der Waals surface area contributed by atoms with Gasteiger partial charge in [0.2, 0.25) is 0 Å². The second-order valence-corrected chi connectivity index (χ2v) is 5.77. The topological polar surface area (TPSA) is 56.8 Å². The third kappa shape index (κ3) is 4.77. The molecule has 0 aliphatic carbocycles. The normalized spacial score (nSPS) is 10.1. The van der Waals surface area contributed by atoms with E-state index in [9.17, 15) is 4.79 Å². The van der Waals surface area contributed by atoms with Crippen LogP contribution in [0.2, 0.25) is 5.02 Å². The van der Waals surface area contributed by atoms with Crippen LogP contribution in [-0.2, 0) is 4.79 Å². The van der Waals surface area contributed by atoms with Gasteiger partial charge in [-0.3, -0.25) is 4.79 Å². The Morgan fingerprint density at radius 1 is 1.13 bits per heavy atom.